The number of aliphatic hydroxyl groups excluding tert-OH is 11. The molecule has 1 amide bonds. The van der Waals surface area contributed by atoms with Crippen molar-refractivity contribution in [2.75, 3.05) is 26.4 Å². The zero-order valence-corrected chi connectivity index (χ0v) is 56.8. The van der Waals surface area contributed by atoms with Crippen LogP contribution < -0.4 is 5.32 Å². The van der Waals surface area contributed by atoms with Crippen LogP contribution in [0.5, 0.6) is 0 Å². The molecule has 12 N–H and O–H groups in total. The molecule has 17 atom stereocenters. The minimum Gasteiger partial charge on any atom is -0.394 e. The van der Waals surface area contributed by atoms with E-state index in [1.165, 1.54) is 212 Å². The minimum absolute atomic E-state index is 0.238. The zero-order valence-electron chi connectivity index (χ0n) is 56.8. The predicted octanol–water partition coefficient (Wildman–Crippen LogP) is 10.6. The summed E-state index contributed by atoms with van der Waals surface area (Å²) in [4.78, 5) is 13.4. The Balaban J connectivity index is 1.33. The maximum atomic E-state index is 13.4. The molecule has 0 aliphatic carbocycles. The van der Waals surface area contributed by atoms with Gasteiger partial charge in [-0.1, -0.05) is 269 Å². The van der Waals surface area contributed by atoms with Gasteiger partial charge in [0.25, 0.3) is 0 Å². The predicted molar refractivity (Wildman–Crippen MR) is 356 cm³/mol. The summed E-state index contributed by atoms with van der Waals surface area (Å²) >= 11 is 0. The van der Waals surface area contributed by atoms with Crippen LogP contribution in [-0.2, 0) is 33.2 Å². The van der Waals surface area contributed by atoms with Gasteiger partial charge in [0.1, 0.15) is 73.2 Å². The van der Waals surface area contributed by atoms with E-state index < -0.39 is 124 Å². The van der Waals surface area contributed by atoms with E-state index in [0.717, 1.165) is 51.4 Å². The third-order valence-corrected chi connectivity index (χ3v) is 18.8. The second kappa shape index (κ2) is 54.3. The fourth-order valence-corrected chi connectivity index (χ4v) is 12.8. The van der Waals surface area contributed by atoms with Crippen LogP contribution in [0.3, 0.4) is 0 Å². The van der Waals surface area contributed by atoms with E-state index in [1.807, 2.05) is 0 Å². The zero-order chi connectivity index (χ0) is 66.1. The van der Waals surface area contributed by atoms with Crippen molar-refractivity contribution in [1.29, 1.82) is 0 Å². The second-order valence-electron chi connectivity index (χ2n) is 26.8. The van der Waals surface area contributed by atoms with Crippen molar-refractivity contribution in [2.24, 2.45) is 0 Å². The van der Waals surface area contributed by atoms with Gasteiger partial charge in [0.2, 0.25) is 5.91 Å². The molecule has 536 valence electrons. The van der Waals surface area contributed by atoms with E-state index >= 15 is 0 Å². The Kier molecular flexibility index (Phi) is 49.8. The molecule has 3 heterocycles. The largest absolute Gasteiger partial charge is 0.394 e. The number of nitrogens with one attached hydrogen (secondary N) is 1. The normalized spacial score (nSPS) is 27.9. The first-order valence-electron chi connectivity index (χ1n) is 37.1. The van der Waals surface area contributed by atoms with Crippen molar-refractivity contribution in [3.63, 3.8) is 0 Å². The van der Waals surface area contributed by atoms with Crippen molar-refractivity contribution >= 4 is 5.91 Å². The number of allylic oxidation sites excluding steroid dienone is 4. The molecule has 91 heavy (non-hydrogen) atoms. The Morgan fingerprint density at radius 3 is 1.12 bits per heavy atom. The third kappa shape index (κ3) is 35.9. The van der Waals surface area contributed by atoms with Gasteiger partial charge in [0.15, 0.2) is 18.9 Å². The van der Waals surface area contributed by atoms with Gasteiger partial charge in [-0.25, -0.2) is 0 Å². The number of hydrogen-bond acceptors (Lipinski definition) is 18. The van der Waals surface area contributed by atoms with E-state index in [1.54, 1.807) is 0 Å². The van der Waals surface area contributed by atoms with Gasteiger partial charge in [0, 0.05) is 6.42 Å². The molecule has 19 heteroatoms. The Bertz CT molecular complexity index is 1750. The molecule has 3 fully saturated rings. The summed E-state index contributed by atoms with van der Waals surface area (Å²) in [6.07, 6.45) is 35.7. The lowest BCUT2D eigenvalue weighted by Crippen LogP contribution is -2.66. The molecule has 3 saturated heterocycles. The number of unbranched alkanes of at least 4 members (excludes halogenated alkanes) is 38. The third-order valence-electron chi connectivity index (χ3n) is 18.8. The van der Waals surface area contributed by atoms with Crippen LogP contribution in [0.4, 0.5) is 0 Å². The van der Waals surface area contributed by atoms with Gasteiger partial charge < -0.3 is 89.9 Å². The summed E-state index contributed by atoms with van der Waals surface area (Å²) in [5, 5.41) is 121. The average Bonchev–Trinajstić information content (AvgIpc) is 0.871. The summed E-state index contributed by atoms with van der Waals surface area (Å²) in [7, 11) is 0. The fourth-order valence-electron chi connectivity index (χ4n) is 12.8. The number of aliphatic hydroxyl groups is 11. The number of rotatable bonds is 58. The first-order valence-corrected chi connectivity index (χ1v) is 37.1. The molecule has 17 unspecified atom stereocenters. The fraction of sp³-hybridized carbons (Fsp3) is 0.931. The summed E-state index contributed by atoms with van der Waals surface area (Å²) in [6, 6.07) is -0.884. The maximum absolute atomic E-state index is 13.4. The van der Waals surface area contributed by atoms with Crippen molar-refractivity contribution in [1.82, 2.24) is 5.32 Å². The number of carbonyl (C=O) groups is 1. The highest BCUT2D eigenvalue weighted by Crippen LogP contribution is 2.33. The van der Waals surface area contributed by atoms with Crippen molar-refractivity contribution < 1.29 is 89.4 Å². The van der Waals surface area contributed by atoms with Gasteiger partial charge in [-0.3, -0.25) is 4.79 Å². The van der Waals surface area contributed by atoms with E-state index in [4.69, 9.17) is 28.4 Å². The average molecular weight is 1300 g/mol. The van der Waals surface area contributed by atoms with Crippen LogP contribution in [0.25, 0.3) is 0 Å². The smallest absolute Gasteiger partial charge is 0.220 e. The van der Waals surface area contributed by atoms with Gasteiger partial charge in [0.05, 0.1) is 38.6 Å². The molecule has 0 spiro atoms. The van der Waals surface area contributed by atoms with Crippen molar-refractivity contribution in [3.8, 4) is 0 Å². The van der Waals surface area contributed by atoms with Gasteiger partial charge in [-0.05, 0) is 44.9 Å². The minimum atomic E-state index is -1.97. The second-order valence-corrected chi connectivity index (χ2v) is 26.8. The van der Waals surface area contributed by atoms with Gasteiger partial charge in [-0.2, -0.15) is 0 Å². The molecule has 19 nitrogen and oxygen atoms in total. The number of hydrogen-bond donors (Lipinski definition) is 12. The highest BCUT2D eigenvalue weighted by atomic mass is 16.8. The van der Waals surface area contributed by atoms with E-state index in [-0.39, 0.29) is 18.9 Å². The van der Waals surface area contributed by atoms with Gasteiger partial charge >= 0.3 is 0 Å². The molecule has 3 rings (SSSR count). The van der Waals surface area contributed by atoms with E-state index in [0.29, 0.717) is 12.8 Å². The number of amides is 1. The summed E-state index contributed by atoms with van der Waals surface area (Å²) < 4.78 is 34.4. The maximum Gasteiger partial charge on any atom is 0.220 e. The van der Waals surface area contributed by atoms with Crippen LogP contribution in [0.2, 0.25) is 0 Å². The molecule has 0 bridgehead atoms. The molecule has 0 radical (unpaired) electrons. The van der Waals surface area contributed by atoms with Crippen LogP contribution >= 0.6 is 0 Å². The van der Waals surface area contributed by atoms with Crippen LogP contribution in [0.1, 0.15) is 296 Å². The van der Waals surface area contributed by atoms with Crippen molar-refractivity contribution in [2.45, 2.75) is 401 Å². The summed E-state index contributed by atoms with van der Waals surface area (Å²) in [5.74, 6) is -0.238. The quantitative estimate of drug-likeness (QED) is 0.0199. The highest BCUT2D eigenvalue weighted by Gasteiger charge is 2.53. The number of ether oxygens (including phenoxy) is 6. The van der Waals surface area contributed by atoms with Crippen LogP contribution in [0.15, 0.2) is 24.3 Å². The first kappa shape index (κ1) is 83.5. The number of carbonyl (C=O) groups excluding carboxylic acids is 1. The lowest BCUT2D eigenvalue weighted by atomic mass is 9.96. The molecule has 3 aliphatic rings. The standard InChI is InChI=1S/C72H135NO18/c1-3-5-7-9-11-13-15-17-18-19-20-21-22-23-24-25-26-27-28-29-30-31-32-33-34-35-36-38-40-42-44-46-48-50-60(78)73-55(56(77)49-47-45-43-41-39-37-16-14-12-10-8-6-4-2)54-86-70-66(84)63(81)68(58(52-75)88-70)91-72-67(85)64(82)69(59(53-76)89-72)90-71-65(83)62(80)61(79)57(51-74)87-71/h15,17,19-20,55-59,61-72,74-77,79-85H,3-14,16,18,21-54H2,1-2H3,(H,73,78)/b17-15-,20-19-. The molecule has 0 aromatic carbocycles. The molecule has 0 aromatic heterocycles. The Morgan fingerprint density at radius 2 is 0.725 bits per heavy atom. The van der Waals surface area contributed by atoms with Gasteiger partial charge in [-0.15, -0.1) is 0 Å². The van der Waals surface area contributed by atoms with E-state index in [2.05, 4.69) is 43.5 Å². The summed E-state index contributed by atoms with van der Waals surface area (Å²) in [5.41, 5.74) is 0. The highest BCUT2D eigenvalue weighted by molar-refractivity contribution is 5.76. The molecule has 0 aromatic rings. The van der Waals surface area contributed by atoms with Crippen LogP contribution in [-0.4, -0.2) is 193 Å². The monoisotopic (exact) mass is 1300 g/mol. The first-order chi connectivity index (χ1) is 44.3. The SMILES string of the molecule is CCCCCCC/C=C\C/C=C\CCCCCCCCCCCCCCCCCCCCCCCC(=O)NC(COC1OC(CO)C(OC2OC(CO)C(OC3OC(CO)C(O)C(O)C3O)C(O)C2O)C(O)C1O)C(O)CCCCCCCCCCCCCCC. The molecule has 0 saturated carbocycles. The Morgan fingerprint density at radius 1 is 0.396 bits per heavy atom. The molecular formula is C72H135NO18. The lowest BCUT2D eigenvalue weighted by Gasteiger charge is -2.48. The van der Waals surface area contributed by atoms with Crippen molar-refractivity contribution in [3.05, 3.63) is 24.3 Å². The Labute approximate surface area is 549 Å². The molecule has 3 aliphatic heterocycles. The lowest BCUT2D eigenvalue weighted by molar-refractivity contribution is -0.379. The Hall–Kier alpha value is -1.73. The summed E-state index contributed by atoms with van der Waals surface area (Å²) in [6.45, 7) is 1.81. The van der Waals surface area contributed by atoms with Crippen LogP contribution in [0, 0.1) is 0 Å². The topological polar surface area (TPSA) is 307 Å². The molecular weight excluding hydrogens is 1170 g/mol. The van der Waals surface area contributed by atoms with E-state index in [9.17, 15) is 61.0 Å².